The Kier molecular flexibility index (Phi) is 6.37. The maximum absolute atomic E-state index is 12.6. The summed E-state index contributed by atoms with van der Waals surface area (Å²) in [6, 6.07) is 16.3. The van der Waals surface area contributed by atoms with Crippen molar-refractivity contribution in [1.29, 1.82) is 0 Å². The van der Waals surface area contributed by atoms with Crippen LogP contribution in [-0.2, 0) is 22.4 Å². The lowest BCUT2D eigenvalue weighted by Gasteiger charge is -2.16. The normalized spacial score (nSPS) is 20.5. The highest BCUT2D eigenvalue weighted by molar-refractivity contribution is 5.99. The number of hydrogen-bond acceptors (Lipinski definition) is 3. The first-order valence-corrected chi connectivity index (χ1v) is 9.60. The summed E-state index contributed by atoms with van der Waals surface area (Å²) in [6.45, 7) is 1.33. The van der Waals surface area contributed by atoms with E-state index in [1.807, 2.05) is 35.2 Å². The van der Waals surface area contributed by atoms with Crippen LogP contribution in [0, 0.1) is 0 Å². The second kappa shape index (κ2) is 8.76. The van der Waals surface area contributed by atoms with Crippen LogP contribution < -0.4 is 11.1 Å². The van der Waals surface area contributed by atoms with Gasteiger partial charge < -0.3 is 16.0 Å². The molecule has 4 rings (SSSR count). The fraction of sp³-hybridized carbons (Fsp3) is 0.364. The summed E-state index contributed by atoms with van der Waals surface area (Å²) >= 11 is 0. The third kappa shape index (κ3) is 4.37. The number of nitrogens with two attached hydrogens (primary N) is 1. The van der Waals surface area contributed by atoms with Gasteiger partial charge in [0.05, 0.1) is 6.42 Å². The molecule has 0 unspecified atom stereocenters. The number of nitrogens with zero attached hydrogens (tertiary/aromatic N) is 1. The lowest BCUT2D eigenvalue weighted by Crippen LogP contribution is -2.32. The summed E-state index contributed by atoms with van der Waals surface area (Å²) in [7, 11) is 0. The van der Waals surface area contributed by atoms with Gasteiger partial charge in [-0.15, -0.1) is 12.4 Å². The molecule has 2 aliphatic rings. The monoisotopic (exact) mass is 399 g/mol. The van der Waals surface area contributed by atoms with E-state index >= 15 is 0 Å². The number of fused-ring (bicyclic) bond motifs is 1. The van der Waals surface area contributed by atoms with Crippen LogP contribution in [0.2, 0.25) is 0 Å². The highest BCUT2D eigenvalue weighted by Gasteiger charge is 2.33. The van der Waals surface area contributed by atoms with Crippen molar-refractivity contribution in [2.45, 2.75) is 37.6 Å². The third-order valence-corrected chi connectivity index (χ3v) is 5.60. The summed E-state index contributed by atoms with van der Waals surface area (Å²) in [5, 5.41) is 2.85. The minimum Gasteiger partial charge on any atom is -0.340 e. The molecule has 148 valence electrons. The second-order valence-corrected chi connectivity index (χ2v) is 7.55. The number of aryl methyl sites for hydroxylation is 1. The predicted octanol–water partition coefficient (Wildman–Crippen LogP) is 2.88. The fourth-order valence-electron chi connectivity index (χ4n) is 4.13. The second-order valence-electron chi connectivity index (χ2n) is 7.55. The van der Waals surface area contributed by atoms with Crippen LogP contribution in [0.15, 0.2) is 48.5 Å². The number of hydrogen-bond donors (Lipinski definition) is 2. The third-order valence-electron chi connectivity index (χ3n) is 5.60. The molecule has 2 heterocycles. The largest absolute Gasteiger partial charge is 0.340 e. The van der Waals surface area contributed by atoms with Crippen molar-refractivity contribution in [3.05, 3.63) is 65.2 Å². The Bertz CT molecular complexity index is 856. The van der Waals surface area contributed by atoms with Crippen LogP contribution in [0.1, 0.15) is 35.4 Å². The first kappa shape index (κ1) is 20.4. The van der Waals surface area contributed by atoms with E-state index in [0.29, 0.717) is 25.9 Å². The Morgan fingerprint density at radius 3 is 2.71 bits per heavy atom. The van der Waals surface area contributed by atoms with Crippen LogP contribution in [-0.4, -0.2) is 35.8 Å². The standard InChI is InChI=1S/C22H25N3O2.ClH/c23-19-14-25(13-18(19)16-6-2-1-3-7-16)22(27)8-4-5-15-9-10-20-17(11-15)12-21(26)24-20;/h1-3,6-7,9-11,18-19H,4-5,8,12-14,23H2,(H,24,26);1H/t18-,19+;/m0./s1. The van der Waals surface area contributed by atoms with Gasteiger partial charge in [0.2, 0.25) is 11.8 Å². The van der Waals surface area contributed by atoms with Gasteiger partial charge in [-0.1, -0.05) is 42.5 Å². The van der Waals surface area contributed by atoms with E-state index in [9.17, 15) is 9.59 Å². The van der Waals surface area contributed by atoms with Crippen molar-refractivity contribution >= 4 is 29.9 Å². The Morgan fingerprint density at radius 2 is 1.93 bits per heavy atom. The minimum atomic E-state index is -0.00176. The van der Waals surface area contributed by atoms with Gasteiger partial charge in [0.25, 0.3) is 0 Å². The van der Waals surface area contributed by atoms with Gasteiger partial charge in [-0.2, -0.15) is 0 Å². The van der Waals surface area contributed by atoms with Crippen LogP contribution in [0.25, 0.3) is 0 Å². The van der Waals surface area contributed by atoms with Crippen molar-refractivity contribution in [1.82, 2.24) is 4.90 Å². The van der Waals surface area contributed by atoms with Crippen LogP contribution >= 0.6 is 12.4 Å². The number of nitrogens with one attached hydrogen (secondary N) is 1. The zero-order valence-electron chi connectivity index (χ0n) is 15.8. The highest BCUT2D eigenvalue weighted by Crippen LogP contribution is 2.27. The number of benzene rings is 2. The van der Waals surface area contributed by atoms with Crippen molar-refractivity contribution in [3.63, 3.8) is 0 Å². The number of amides is 2. The molecule has 0 aromatic heterocycles. The molecule has 0 spiro atoms. The van der Waals surface area contributed by atoms with E-state index in [1.54, 1.807) is 0 Å². The molecule has 3 N–H and O–H groups in total. The van der Waals surface area contributed by atoms with Gasteiger partial charge in [0.1, 0.15) is 0 Å². The lowest BCUT2D eigenvalue weighted by molar-refractivity contribution is -0.130. The van der Waals surface area contributed by atoms with Crippen molar-refractivity contribution < 1.29 is 9.59 Å². The van der Waals surface area contributed by atoms with Gasteiger partial charge in [-0.05, 0) is 35.6 Å². The molecular formula is C22H26ClN3O2. The SMILES string of the molecule is Cl.N[C@@H]1CN(C(=O)CCCc2ccc3c(c2)CC(=O)N3)C[C@H]1c1ccccc1. The Labute approximate surface area is 171 Å². The molecule has 2 aliphatic heterocycles. The summed E-state index contributed by atoms with van der Waals surface area (Å²) in [4.78, 5) is 26.0. The first-order valence-electron chi connectivity index (χ1n) is 9.60. The van der Waals surface area contributed by atoms with Crippen LogP contribution in [0.4, 0.5) is 5.69 Å². The number of carbonyl (C=O) groups excluding carboxylic acids is 2. The van der Waals surface area contributed by atoms with Crippen molar-refractivity contribution in [2.75, 3.05) is 18.4 Å². The maximum atomic E-state index is 12.6. The minimum absolute atomic E-state index is 0. The average Bonchev–Trinajstić information content (AvgIpc) is 3.23. The summed E-state index contributed by atoms with van der Waals surface area (Å²) in [5.74, 6) is 0.453. The van der Waals surface area contributed by atoms with Gasteiger partial charge in [-0.25, -0.2) is 0 Å². The highest BCUT2D eigenvalue weighted by atomic mass is 35.5. The van der Waals surface area contributed by atoms with Gasteiger partial charge in [0.15, 0.2) is 0 Å². The van der Waals surface area contributed by atoms with Crippen molar-refractivity contribution in [2.24, 2.45) is 5.73 Å². The zero-order valence-corrected chi connectivity index (χ0v) is 16.6. The molecule has 2 amide bonds. The van der Waals surface area contributed by atoms with E-state index < -0.39 is 0 Å². The Morgan fingerprint density at radius 1 is 1.14 bits per heavy atom. The molecule has 28 heavy (non-hydrogen) atoms. The van der Waals surface area contributed by atoms with E-state index in [4.69, 9.17) is 5.73 Å². The quantitative estimate of drug-likeness (QED) is 0.811. The molecule has 2 aromatic rings. The molecule has 0 saturated carbocycles. The van der Waals surface area contributed by atoms with Crippen LogP contribution in [0.3, 0.4) is 0 Å². The van der Waals surface area contributed by atoms with Crippen LogP contribution in [0.5, 0.6) is 0 Å². The Balaban J connectivity index is 0.00000225. The molecule has 0 bridgehead atoms. The van der Waals surface area contributed by atoms with E-state index in [-0.39, 0.29) is 36.2 Å². The number of likely N-dealkylation sites (tertiary alicyclic amines) is 1. The van der Waals surface area contributed by atoms with Gasteiger partial charge in [0, 0.05) is 37.2 Å². The molecular weight excluding hydrogens is 374 g/mol. The number of carbonyl (C=O) groups is 2. The van der Waals surface area contributed by atoms with Crippen molar-refractivity contribution in [3.8, 4) is 0 Å². The molecule has 2 atom stereocenters. The van der Waals surface area contributed by atoms with Gasteiger partial charge in [-0.3, -0.25) is 9.59 Å². The predicted molar refractivity (Wildman–Crippen MR) is 113 cm³/mol. The lowest BCUT2D eigenvalue weighted by atomic mass is 9.95. The molecule has 0 radical (unpaired) electrons. The summed E-state index contributed by atoms with van der Waals surface area (Å²) in [5.41, 5.74) is 10.7. The first-order chi connectivity index (χ1) is 13.1. The fourth-order valence-corrected chi connectivity index (χ4v) is 4.13. The number of halogens is 1. The molecule has 2 aromatic carbocycles. The molecule has 6 heteroatoms. The van der Waals surface area contributed by atoms with E-state index in [0.717, 1.165) is 24.1 Å². The Hall–Kier alpha value is -2.37. The van der Waals surface area contributed by atoms with E-state index in [2.05, 4.69) is 23.5 Å². The van der Waals surface area contributed by atoms with Gasteiger partial charge >= 0.3 is 0 Å². The molecule has 0 aliphatic carbocycles. The number of anilines is 1. The smallest absolute Gasteiger partial charge is 0.228 e. The maximum Gasteiger partial charge on any atom is 0.228 e. The summed E-state index contributed by atoms with van der Waals surface area (Å²) < 4.78 is 0. The number of rotatable bonds is 5. The topological polar surface area (TPSA) is 75.4 Å². The zero-order chi connectivity index (χ0) is 18.8. The molecule has 1 saturated heterocycles. The average molecular weight is 400 g/mol. The molecule has 5 nitrogen and oxygen atoms in total. The summed E-state index contributed by atoms with van der Waals surface area (Å²) in [6.07, 6.45) is 2.63. The van der Waals surface area contributed by atoms with E-state index in [1.165, 1.54) is 11.1 Å². The molecule has 1 fully saturated rings.